The minimum Gasteiger partial charge on any atom is -0.364 e. The maximum Gasteiger partial charge on any atom is 0.261 e. The Labute approximate surface area is 119 Å². The number of carbonyl (C=O) groups excluding carboxylic acids is 1. The number of aromatic nitrogens is 1. The zero-order valence-corrected chi connectivity index (χ0v) is 11.5. The number of hydrogen-bond acceptors (Lipinski definition) is 2. The second-order valence-electron chi connectivity index (χ2n) is 3.94. The second-order valence-corrected chi connectivity index (χ2v) is 4.76. The van der Waals surface area contributed by atoms with Crippen molar-refractivity contribution >= 4 is 34.8 Å². The fourth-order valence-corrected chi connectivity index (χ4v) is 2.04. The van der Waals surface area contributed by atoms with Gasteiger partial charge in [0.05, 0.1) is 15.7 Å². The first kappa shape index (κ1) is 13.6. The van der Waals surface area contributed by atoms with E-state index in [4.69, 9.17) is 23.2 Å². The average molecular weight is 297 g/mol. The third-order valence-electron chi connectivity index (χ3n) is 2.50. The van der Waals surface area contributed by atoms with E-state index in [1.165, 1.54) is 12.3 Å². The van der Waals surface area contributed by atoms with E-state index in [0.717, 1.165) is 0 Å². The molecule has 4 nitrogen and oxygen atoms in total. The van der Waals surface area contributed by atoms with Crippen LogP contribution in [0.25, 0.3) is 0 Å². The van der Waals surface area contributed by atoms with Gasteiger partial charge in [-0.3, -0.25) is 9.59 Å². The first-order chi connectivity index (χ1) is 8.99. The highest BCUT2D eigenvalue weighted by atomic mass is 35.5. The summed E-state index contributed by atoms with van der Waals surface area (Å²) in [6.07, 6.45) is 1.36. The molecule has 0 aliphatic rings. The number of halogens is 2. The van der Waals surface area contributed by atoms with Gasteiger partial charge in [0.1, 0.15) is 5.56 Å². The summed E-state index contributed by atoms with van der Waals surface area (Å²) in [6, 6.07) is 6.22. The molecule has 0 bridgehead atoms. The van der Waals surface area contributed by atoms with Crippen molar-refractivity contribution in [3.63, 3.8) is 0 Å². The summed E-state index contributed by atoms with van der Waals surface area (Å²) in [5.74, 6) is -0.559. The predicted octanol–water partition coefficient (Wildman–Crippen LogP) is 3.24. The average Bonchev–Trinajstić information content (AvgIpc) is 2.33. The Morgan fingerprint density at radius 3 is 2.47 bits per heavy atom. The van der Waals surface area contributed by atoms with Crippen molar-refractivity contribution < 1.29 is 4.79 Å². The first-order valence-electron chi connectivity index (χ1n) is 5.43. The Kier molecular flexibility index (Phi) is 3.93. The van der Waals surface area contributed by atoms with Gasteiger partial charge in [0.2, 0.25) is 0 Å². The Hall–Kier alpha value is -1.78. The lowest BCUT2D eigenvalue weighted by Gasteiger charge is -2.08. The third-order valence-corrected chi connectivity index (χ3v) is 3.13. The molecular weight excluding hydrogens is 287 g/mol. The molecule has 19 heavy (non-hydrogen) atoms. The SMILES string of the molecule is Cc1cc(=O)c(C(=O)Nc2c(Cl)cccc2Cl)c[nH]1. The summed E-state index contributed by atoms with van der Waals surface area (Å²) >= 11 is 11.9. The smallest absolute Gasteiger partial charge is 0.261 e. The summed E-state index contributed by atoms with van der Waals surface area (Å²) in [5.41, 5.74) is 0.603. The van der Waals surface area contributed by atoms with Crippen LogP contribution in [0, 0.1) is 6.92 Å². The summed E-state index contributed by atoms with van der Waals surface area (Å²) in [7, 11) is 0. The summed E-state index contributed by atoms with van der Waals surface area (Å²) in [6.45, 7) is 1.73. The van der Waals surface area contributed by atoms with E-state index in [2.05, 4.69) is 10.3 Å². The van der Waals surface area contributed by atoms with Crippen molar-refractivity contribution in [3.05, 3.63) is 62.0 Å². The molecule has 0 saturated heterocycles. The highest BCUT2D eigenvalue weighted by molar-refractivity contribution is 6.40. The first-order valence-corrected chi connectivity index (χ1v) is 6.19. The number of benzene rings is 1. The highest BCUT2D eigenvalue weighted by Gasteiger charge is 2.14. The molecule has 0 saturated carbocycles. The van der Waals surface area contributed by atoms with Gasteiger partial charge >= 0.3 is 0 Å². The Morgan fingerprint density at radius 1 is 1.26 bits per heavy atom. The molecule has 1 aromatic carbocycles. The second kappa shape index (κ2) is 5.47. The fourth-order valence-electron chi connectivity index (χ4n) is 1.55. The van der Waals surface area contributed by atoms with Crippen LogP contribution in [-0.2, 0) is 0 Å². The molecule has 0 fully saturated rings. The van der Waals surface area contributed by atoms with E-state index in [1.54, 1.807) is 25.1 Å². The summed E-state index contributed by atoms with van der Waals surface area (Å²) in [4.78, 5) is 26.5. The number of aryl methyl sites for hydroxylation is 1. The molecule has 2 N–H and O–H groups in total. The van der Waals surface area contributed by atoms with Crippen LogP contribution in [0.4, 0.5) is 5.69 Å². The van der Waals surface area contributed by atoms with Gasteiger partial charge in [-0.05, 0) is 19.1 Å². The normalized spacial score (nSPS) is 10.3. The van der Waals surface area contributed by atoms with Crippen molar-refractivity contribution in [1.29, 1.82) is 0 Å². The lowest BCUT2D eigenvalue weighted by Crippen LogP contribution is -2.21. The van der Waals surface area contributed by atoms with Gasteiger partial charge in [0.25, 0.3) is 5.91 Å². The molecule has 0 aliphatic carbocycles. The molecule has 1 amide bonds. The van der Waals surface area contributed by atoms with Gasteiger partial charge in [-0.15, -0.1) is 0 Å². The number of pyridine rings is 1. The van der Waals surface area contributed by atoms with E-state index in [-0.39, 0.29) is 16.7 Å². The number of anilines is 1. The Morgan fingerprint density at radius 2 is 1.89 bits per heavy atom. The molecule has 2 rings (SSSR count). The zero-order valence-electron chi connectivity index (χ0n) is 9.96. The van der Waals surface area contributed by atoms with Gasteiger partial charge < -0.3 is 10.3 Å². The fraction of sp³-hybridized carbons (Fsp3) is 0.0769. The topological polar surface area (TPSA) is 62.0 Å². The number of amides is 1. The number of para-hydroxylation sites is 1. The number of H-pyrrole nitrogens is 1. The van der Waals surface area contributed by atoms with Crippen LogP contribution in [0.2, 0.25) is 10.0 Å². The van der Waals surface area contributed by atoms with Crippen molar-refractivity contribution in [1.82, 2.24) is 4.98 Å². The van der Waals surface area contributed by atoms with Gasteiger partial charge in [-0.25, -0.2) is 0 Å². The molecule has 6 heteroatoms. The largest absolute Gasteiger partial charge is 0.364 e. The lowest BCUT2D eigenvalue weighted by atomic mass is 10.2. The molecule has 0 aliphatic heterocycles. The third kappa shape index (κ3) is 2.97. The Bertz CT molecular complexity index is 675. The lowest BCUT2D eigenvalue weighted by molar-refractivity contribution is 0.102. The van der Waals surface area contributed by atoms with E-state index in [1.807, 2.05) is 0 Å². The number of carbonyl (C=O) groups is 1. The number of nitrogens with one attached hydrogen (secondary N) is 2. The summed E-state index contributed by atoms with van der Waals surface area (Å²) < 4.78 is 0. The highest BCUT2D eigenvalue weighted by Crippen LogP contribution is 2.29. The van der Waals surface area contributed by atoms with Crippen molar-refractivity contribution in [2.75, 3.05) is 5.32 Å². The van der Waals surface area contributed by atoms with Crippen molar-refractivity contribution in [2.24, 2.45) is 0 Å². The zero-order chi connectivity index (χ0) is 14.0. The number of aromatic amines is 1. The molecule has 0 radical (unpaired) electrons. The van der Waals surface area contributed by atoms with Crippen LogP contribution < -0.4 is 10.7 Å². The summed E-state index contributed by atoms with van der Waals surface area (Å²) in [5, 5.41) is 3.15. The number of rotatable bonds is 2. The molecule has 0 atom stereocenters. The molecule has 1 heterocycles. The molecule has 2 aromatic rings. The quantitative estimate of drug-likeness (QED) is 0.894. The minimum absolute atomic E-state index is 0.00147. The molecule has 98 valence electrons. The van der Waals surface area contributed by atoms with Crippen LogP contribution in [0.3, 0.4) is 0 Å². The molecule has 1 aromatic heterocycles. The number of hydrogen-bond donors (Lipinski definition) is 2. The molecule has 0 unspecified atom stereocenters. The van der Waals surface area contributed by atoms with Crippen molar-refractivity contribution in [2.45, 2.75) is 6.92 Å². The van der Waals surface area contributed by atoms with Gasteiger partial charge in [0, 0.05) is 18.0 Å². The van der Waals surface area contributed by atoms with E-state index in [9.17, 15) is 9.59 Å². The van der Waals surface area contributed by atoms with Gasteiger partial charge in [-0.1, -0.05) is 29.3 Å². The monoisotopic (exact) mass is 296 g/mol. The van der Waals surface area contributed by atoms with Crippen LogP contribution >= 0.6 is 23.2 Å². The van der Waals surface area contributed by atoms with Crippen LogP contribution in [-0.4, -0.2) is 10.9 Å². The molecular formula is C13H10Cl2N2O2. The van der Waals surface area contributed by atoms with Crippen LogP contribution in [0.5, 0.6) is 0 Å². The van der Waals surface area contributed by atoms with Crippen LogP contribution in [0.1, 0.15) is 16.1 Å². The molecule has 0 spiro atoms. The van der Waals surface area contributed by atoms with Gasteiger partial charge in [0.15, 0.2) is 5.43 Å². The minimum atomic E-state index is -0.559. The van der Waals surface area contributed by atoms with E-state index < -0.39 is 5.91 Å². The van der Waals surface area contributed by atoms with E-state index >= 15 is 0 Å². The maximum atomic E-state index is 12.0. The maximum absolute atomic E-state index is 12.0. The predicted molar refractivity (Wildman–Crippen MR) is 76.2 cm³/mol. The van der Waals surface area contributed by atoms with Crippen molar-refractivity contribution in [3.8, 4) is 0 Å². The Balaban J connectivity index is 2.34. The van der Waals surface area contributed by atoms with E-state index in [0.29, 0.717) is 15.7 Å². The standard InChI is InChI=1S/C13H10Cl2N2O2/c1-7-5-11(18)8(6-16-7)13(19)17-12-9(14)3-2-4-10(12)15/h2-6H,1H3,(H,16,18)(H,17,19). The van der Waals surface area contributed by atoms with Crippen LogP contribution in [0.15, 0.2) is 35.3 Å². The van der Waals surface area contributed by atoms with Gasteiger partial charge in [-0.2, -0.15) is 0 Å².